The van der Waals surface area contributed by atoms with Crippen LogP contribution in [0.1, 0.15) is 25.3 Å². The van der Waals surface area contributed by atoms with E-state index in [0.717, 1.165) is 18.0 Å². The fourth-order valence-corrected chi connectivity index (χ4v) is 2.55. The first-order chi connectivity index (χ1) is 8.15. The summed E-state index contributed by atoms with van der Waals surface area (Å²) in [4.78, 5) is 4.45. The zero-order valence-corrected chi connectivity index (χ0v) is 10.5. The highest BCUT2D eigenvalue weighted by Gasteiger charge is 2.28. The first-order valence-corrected chi connectivity index (χ1v) is 6.37. The lowest BCUT2D eigenvalue weighted by Gasteiger charge is -2.13. The number of hydrogen-bond acceptors (Lipinski definition) is 2. The van der Waals surface area contributed by atoms with Gasteiger partial charge in [-0.05, 0) is 49.3 Å². The van der Waals surface area contributed by atoms with Gasteiger partial charge in [-0.1, -0.05) is 13.0 Å². The van der Waals surface area contributed by atoms with Crippen LogP contribution in [0.15, 0.2) is 18.2 Å². The molecule has 3 nitrogen and oxygen atoms in total. The van der Waals surface area contributed by atoms with E-state index in [1.807, 2.05) is 0 Å². The number of nitrogens with two attached hydrogens (primary N) is 1. The SMILES string of the molecule is Cc1ccc2c(c1)nc(N)n2CC(C)C1CC1. The highest BCUT2D eigenvalue weighted by atomic mass is 15.2. The first kappa shape index (κ1) is 10.6. The minimum atomic E-state index is 0.651. The van der Waals surface area contributed by atoms with Crippen molar-refractivity contribution in [3.63, 3.8) is 0 Å². The lowest BCUT2D eigenvalue weighted by molar-refractivity contribution is 0.439. The van der Waals surface area contributed by atoms with Crippen molar-refractivity contribution in [1.29, 1.82) is 0 Å². The van der Waals surface area contributed by atoms with Gasteiger partial charge < -0.3 is 10.3 Å². The molecular weight excluding hydrogens is 210 g/mol. The molecule has 1 aromatic carbocycles. The van der Waals surface area contributed by atoms with Gasteiger partial charge in [0, 0.05) is 6.54 Å². The van der Waals surface area contributed by atoms with E-state index >= 15 is 0 Å². The Bertz CT molecular complexity index is 552. The average molecular weight is 229 g/mol. The molecule has 1 atom stereocenters. The molecule has 1 heterocycles. The number of nitrogens with zero attached hydrogens (tertiary/aromatic N) is 2. The number of anilines is 1. The summed E-state index contributed by atoms with van der Waals surface area (Å²) >= 11 is 0. The average Bonchev–Trinajstić information content (AvgIpc) is 3.06. The van der Waals surface area contributed by atoms with Crippen LogP contribution in [0.4, 0.5) is 5.95 Å². The molecule has 2 aromatic rings. The molecular formula is C14H19N3. The van der Waals surface area contributed by atoms with Gasteiger partial charge in [-0.3, -0.25) is 0 Å². The van der Waals surface area contributed by atoms with E-state index in [1.165, 1.54) is 23.9 Å². The molecule has 1 aromatic heterocycles. The van der Waals surface area contributed by atoms with Crippen molar-refractivity contribution >= 4 is 17.0 Å². The molecule has 1 saturated carbocycles. The zero-order valence-electron chi connectivity index (χ0n) is 10.5. The van der Waals surface area contributed by atoms with Gasteiger partial charge in [0.2, 0.25) is 5.95 Å². The highest BCUT2D eigenvalue weighted by molar-refractivity contribution is 5.79. The Morgan fingerprint density at radius 3 is 2.94 bits per heavy atom. The van der Waals surface area contributed by atoms with Crippen LogP contribution in [0.2, 0.25) is 0 Å². The van der Waals surface area contributed by atoms with Crippen molar-refractivity contribution in [2.45, 2.75) is 33.2 Å². The molecule has 1 aliphatic carbocycles. The molecule has 0 aliphatic heterocycles. The topological polar surface area (TPSA) is 43.8 Å². The molecule has 1 unspecified atom stereocenters. The maximum Gasteiger partial charge on any atom is 0.201 e. The summed E-state index contributed by atoms with van der Waals surface area (Å²) in [6, 6.07) is 6.36. The van der Waals surface area contributed by atoms with E-state index in [2.05, 4.69) is 41.6 Å². The Morgan fingerprint density at radius 2 is 2.24 bits per heavy atom. The lowest BCUT2D eigenvalue weighted by atomic mass is 10.1. The molecule has 0 saturated heterocycles. The van der Waals surface area contributed by atoms with Crippen LogP contribution >= 0.6 is 0 Å². The molecule has 0 radical (unpaired) electrons. The van der Waals surface area contributed by atoms with Crippen LogP contribution < -0.4 is 5.73 Å². The second kappa shape index (κ2) is 3.76. The molecule has 1 fully saturated rings. The van der Waals surface area contributed by atoms with E-state index < -0.39 is 0 Å². The Balaban J connectivity index is 1.99. The van der Waals surface area contributed by atoms with Crippen molar-refractivity contribution in [2.75, 3.05) is 5.73 Å². The van der Waals surface area contributed by atoms with Crippen LogP contribution in [0.25, 0.3) is 11.0 Å². The Hall–Kier alpha value is -1.51. The summed E-state index contributed by atoms with van der Waals surface area (Å²) in [5, 5.41) is 0. The Morgan fingerprint density at radius 1 is 1.47 bits per heavy atom. The number of hydrogen-bond donors (Lipinski definition) is 1. The highest BCUT2D eigenvalue weighted by Crippen LogP contribution is 2.38. The van der Waals surface area contributed by atoms with Crippen LogP contribution in [0.5, 0.6) is 0 Å². The maximum atomic E-state index is 6.02. The lowest BCUT2D eigenvalue weighted by Crippen LogP contribution is -2.11. The standard InChI is InChI=1S/C14H19N3/c1-9-3-6-13-12(7-9)16-14(15)17(13)8-10(2)11-4-5-11/h3,6-7,10-11H,4-5,8H2,1-2H3,(H2,15,16). The molecule has 0 amide bonds. The number of fused-ring (bicyclic) bond motifs is 1. The van der Waals surface area contributed by atoms with Crippen molar-refractivity contribution in [3.8, 4) is 0 Å². The molecule has 3 rings (SSSR count). The van der Waals surface area contributed by atoms with E-state index in [1.54, 1.807) is 0 Å². The summed E-state index contributed by atoms with van der Waals surface area (Å²) in [6.07, 6.45) is 2.76. The quantitative estimate of drug-likeness (QED) is 0.879. The predicted molar refractivity (Wildman–Crippen MR) is 70.8 cm³/mol. The fraction of sp³-hybridized carbons (Fsp3) is 0.500. The van der Waals surface area contributed by atoms with Crippen LogP contribution in [0.3, 0.4) is 0 Å². The van der Waals surface area contributed by atoms with Gasteiger partial charge in [-0.2, -0.15) is 0 Å². The third-order valence-corrected chi connectivity index (χ3v) is 3.83. The van der Waals surface area contributed by atoms with Crippen molar-refractivity contribution < 1.29 is 0 Å². The number of aromatic nitrogens is 2. The minimum Gasteiger partial charge on any atom is -0.369 e. The zero-order chi connectivity index (χ0) is 12.0. The third kappa shape index (κ3) is 1.90. The second-order valence-corrected chi connectivity index (χ2v) is 5.39. The molecule has 90 valence electrons. The molecule has 17 heavy (non-hydrogen) atoms. The van der Waals surface area contributed by atoms with Gasteiger partial charge in [0.25, 0.3) is 0 Å². The molecule has 0 bridgehead atoms. The van der Waals surface area contributed by atoms with E-state index in [0.29, 0.717) is 11.9 Å². The molecule has 1 aliphatic rings. The van der Waals surface area contributed by atoms with E-state index in [9.17, 15) is 0 Å². The first-order valence-electron chi connectivity index (χ1n) is 6.37. The maximum absolute atomic E-state index is 6.02. The summed E-state index contributed by atoms with van der Waals surface area (Å²) < 4.78 is 2.16. The van der Waals surface area contributed by atoms with Crippen molar-refractivity contribution in [1.82, 2.24) is 9.55 Å². The summed E-state index contributed by atoms with van der Waals surface area (Å²) in [5.74, 6) is 2.26. The van der Waals surface area contributed by atoms with E-state index in [4.69, 9.17) is 5.73 Å². The van der Waals surface area contributed by atoms with Crippen molar-refractivity contribution in [3.05, 3.63) is 23.8 Å². The van der Waals surface area contributed by atoms with Gasteiger partial charge in [-0.15, -0.1) is 0 Å². The monoisotopic (exact) mass is 229 g/mol. The van der Waals surface area contributed by atoms with Crippen molar-refractivity contribution in [2.24, 2.45) is 11.8 Å². The summed E-state index contributed by atoms with van der Waals surface area (Å²) in [7, 11) is 0. The number of rotatable bonds is 3. The van der Waals surface area contributed by atoms with Gasteiger partial charge in [0.15, 0.2) is 0 Å². The van der Waals surface area contributed by atoms with Gasteiger partial charge in [0.1, 0.15) is 0 Å². The van der Waals surface area contributed by atoms with Crippen LogP contribution in [-0.4, -0.2) is 9.55 Å². The summed E-state index contributed by atoms with van der Waals surface area (Å²) in [6.45, 7) is 5.40. The molecule has 0 spiro atoms. The van der Waals surface area contributed by atoms with Gasteiger partial charge in [0.05, 0.1) is 11.0 Å². The van der Waals surface area contributed by atoms with Gasteiger partial charge >= 0.3 is 0 Å². The predicted octanol–water partition coefficient (Wildman–Crippen LogP) is 2.97. The Kier molecular flexibility index (Phi) is 2.35. The largest absolute Gasteiger partial charge is 0.369 e. The fourth-order valence-electron chi connectivity index (χ4n) is 2.55. The van der Waals surface area contributed by atoms with Crippen LogP contribution in [-0.2, 0) is 6.54 Å². The van der Waals surface area contributed by atoms with Gasteiger partial charge in [-0.25, -0.2) is 4.98 Å². The second-order valence-electron chi connectivity index (χ2n) is 5.39. The smallest absolute Gasteiger partial charge is 0.201 e. The third-order valence-electron chi connectivity index (χ3n) is 3.83. The normalized spacial score (nSPS) is 17.5. The number of aryl methyl sites for hydroxylation is 1. The summed E-state index contributed by atoms with van der Waals surface area (Å²) in [5.41, 5.74) is 9.44. The Labute approximate surface area is 102 Å². The van der Waals surface area contributed by atoms with Crippen LogP contribution in [0, 0.1) is 18.8 Å². The molecule has 2 N–H and O–H groups in total. The number of benzene rings is 1. The number of nitrogen functional groups attached to an aromatic ring is 1. The van der Waals surface area contributed by atoms with E-state index in [-0.39, 0.29) is 0 Å². The minimum absolute atomic E-state index is 0.651. The molecule has 3 heteroatoms. The number of imidazole rings is 1.